The molecule has 0 amide bonds. The zero-order valence-corrected chi connectivity index (χ0v) is 11.4. The highest BCUT2D eigenvalue weighted by Crippen LogP contribution is 2.09. The van der Waals surface area contributed by atoms with Crippen LogP contribution in [0.4, 0.5) is 0 Å². The predicted octanol–water partition coefficient (Wildman–Crippen LogP) is 2.54. The van der Waals surface area contributed by atoms with Crippen LogP contribution < -0.4 is 10.1 Å². The molecule has 1 atom stereocenters. The number of ether oxygens (including phenoxy) is 1. The van der Waals surface area contributed by atoms with Gasteiger partial charge in [-0.3, -0.25) is 0 Å². The first kappa shape index (κ1) is 13.9. The van der Waals surface area contributed by atoms with Gasteiger partial charge in [0, 0.05) is 18.2 Å². The first-order valence-corrected chi connectivity index (χ1v) is 6.15. The first-order valence-electron chi connectivity index (χ1n) is 6.15. The third-order valence-corrected chi connectivity index (χ3v) is 2.39. The van der Waals surface area contributed by atoms with Crippen LogP contribution >= 0.6 is 0 Å². The van der Waals surface area contributed by atoms with E-state index in [-0.39, 0.29) is 11.6 Å². The van der Waals surface area contributed by atoms with Crippen molar-refractivity contribution in [2.45, 2.75) is 59.2 Å². The molecule has 4 heteroatoms. The Hall–Kier alpha value is -1.16. The van der Waals surface area contributed by atoms with Gasteiger partial charge >= 0.3 is 0 Å². The number of rotatable bonds is 5. The van der Waals surface area contributed by atoms with E-state index in [1.807, 2.05) is 19.1 Å². The van der Waals surface area contributed by atoms with Gasteiger partial charge in [-0.2, -0.15) is 5.10 Å². The Morgan fingerprint density at radius 3 is 2.47 bits per heavy atom. The number of hydrogen-bond acceptors (Lipinski definition) is 4. The average Bonchev–Trinajstić information content (AvgIpc) is 2.27. The Morgan fingerprint density at radius 2 is 2.00 bits per heavy atom. The first-order chi connectivity index (χ1) is 7.90. The van der Waals surface area contributed by atoms with Gasteiger partial charge in [0.15, 0.2) is 0 Å². The maximum absolute atomic E-state index is 5.57. The Kier molecular flexibility index (Phi) is 4.87. The third-order valence-electron chi connectivity index (χ3n) is 2.39. The second kappa shape index (κ2) is 5.96. The molecule has 0 bridgehead atoms. The minimum atomic E-state index is 0.0908. The van der Waals surface area contributed by atoms with E-state index in [0.717, 1.165) is 18.7 Å². The average molecular weight is 237 g/mol. The molecule has 1 aromatic rings. The maximum Gasteiger partial charge on any atom is 0.233 e. The monoisotopic (exact) mass is 237 g/mol. The smallest absolute Gasteiger partial charge is 0.233 e. The Labute approximate surface area is 104 Å². The van der Waals surface area contributed by atoms with Gasteiger partial charge in [0.05, 0.1) is 11.8 Å². The molecular weight excluding hydrogens is 214 g/mol. The van der Waals surface area contributed by atoms with Gasteiger partial charge in [0.1, 0.15) is 0 Å². The molecule has 17 heavy (non-hydrogen) atoms. The summed E-state index contributed by atoms with van der Waals surface area (Å²) < 4.78 is 5.57. The molecule has 1 heterocycles. The molecule has 1 rings (SSSR count). The minimum Gasteiger partial charge on any atom is -0.474 e. The molecule has 0 aliphatic rings. The highest BCUT2D eigenvalue weighted by Gasteiger charge is 2.09. The summed E-state index contributed by atoms with van der Waals surface area (Å²) >= 11 is 0. The molecular formula is C13H23N3O. The lowest BCUT2D eigenvalue weighted by atomic mass is 10.1. The molecule has 0 aliphatic carbocycles. The van der Waals surface area contributed by atoms with E-state index < -0.39 is 0 Å². The summed E-state index contributed by atoms with van der Waals surface area (Å²) in [5, 5.41) is 11.6. The van der Waals surface area contributed by atoms with Gasteiger partial charge in [-0.25, -0.2) is 0 Å². The molecule has 1 N–H and O–H groups in total. The molecule has 0 fully saturated rings. The van der Waals surface area contributed by atoms with E-state index in [1.54, 1.807) is 0 Å². The molecule has 0 saturated carbocycles. The van der Waals surface area contributed by atoms with Gasteiger partial charge in [-0.1, -0.05) is 6.92 Å². The Morgan fingerprint density at radius 1 is 1.29 bits per heavy atom. The predicted molar refractivity (Wildman–Crippen MR) is 69.0 cm³/mol. The molecule has 1 aromatic heterocycles. The maximum atomic E-state index is 5.57. The van der Waals surface area contributed by atoms with Crippen LogP contribution in [0, 0.1) is 0 Å². The van der Waals surface area contributed by atoms with Crippen molar-refractivity contribution in [3.8, 4) is 5.88 Å². The standard InChI is InChI=1S/C13H23N3O/c1-6-10(2)17-12-8-7-11(15-16-12)9-14-13(3,4)5/h7-8,10,14H,6,9H2,1-5H3. The molecule has 4 nitrogen and oxygen atoms in total. The van der Waals surface area contributed by atoms with Crippen molar-refractivity contribution < 1.29 is 4.74 Å². The van der Waals surface area contributed by atoms with Crippen LogP contribution in [0.1, 0.15) is 46.7 Å². The lowest BCUT2D eigenvalue weighted by Gasteiger charge is -2.20. The quantitative estimate of drug-likeness (QED) is 0.855. The highest BCUT2D eigenvalue weighted by atomic mass is 16.5. The molecule has 1 unspecified atom stereocenters. The van der Waals surface area contributed by atoms with Crippen LogP contribution in [0.15, 0.2) is 12.1 Å². The molecule has 0 aromatic carbocycles. The van der Waals surface area contributed by atoms with E-state index in [1.165, 1.54) is 0 Å². The second-order valence-corrected chi connectivity index (χ2v) is 5.30. The number of aromatic nitrogens is 2. The molecule has 0 spiro atoms. The molecule has 0 radical (unpaired) electrons. The van der Waals surface area contributed by atoms with Crippen molar-refractivity contribution in [2.24, 2.45) is 0 Å². The fraction of sp³-hybridized carbons (Fsp3) is 0.692. The van der Waals surface area contributed by atoms with Gasteiger partial charge in [-0.15, -0.1) is 5.10 Å². The number of hydrogen-bond donors (Lipinski definition) is 1. The summed E-state index contributed by atoms with van der Waals surface area (Å²) in [5.41, 5.74) is 1.02. The lowest BCUT2D eigenvalue weighted by Crippen LogP contribution is -2.35. The van der Waals surface area contributed by atoms with Crippen LogP contribution in [0.5, 0.6) is 5.88 Å². The molecule has 96 valence electrons. The van der Waals surface area contributed by atoms with Crippen LogP contribution in [-0.2, 0) is 6.54 Å². The normalized spacial score (nSPS) is 13.5. The lowest BCUT2D eigenvalue weighted by molar-refractivity contribution is 0.206. The van der Waals surface area contributed by atoms with Crippen molar-refractivity contribution in [3.63, 3.8) is 0 Å². The van der Waals surface area contributed by atoms with Crippen LogP contribution in [-0.4, -0.2) is 21.8 Å². The largest absolute Gasteiger partial charge is 0.474 e. The summed E-state index contributed by atoms with van der Waals surface area (Å²) in [6.07, 6.45) is 1.15. The molecule has 0 saturated heterocycles. The summed E-state index contributed by atoms with van der Waals surface area (Å²) in [4.78, 5) is 0. The van der Waals surface area contributed by atoms with Gasteiger partial charge in [-0.05, 0) is 40.2 Å². The van der Waals surface area contributed by atoms with E-state index in [4.69, 9.17) is 4.74 Å². The summed E-state index contributed by atoms with van der Waals surface area (Å²) in [7, 11) is 0. The number of nitrogens with one attached hydrogen (secondary N) is 1. The zero-order chi connectivity index (χ0) is 12.9. The zero-order valence-electron chi connectivity index (χ0n) is 11.4. The van der Waals surface area contributed by atoms with Crippen molar-refractivity contribution in [2.75, 3.05) is 0 Å². The van der Waals surface area contributed by atoms with Crippen LogP contribution in [0.25, 0.3) is 0 Å². The number of nitrogens with zero attached hydrogens (tertiary/aromatic N) is 2. The molecule has 0 aliphatic heterocycles. The fourth-order valence-corrected chi connectivity index (χ4v) is 1.15. The van der Waals surface area contributed by atoms with Crippen molar-refractivity contribution in [1.82, 2.24) is 15.5 Å². The van der Waals surface area contributed by atoms with E-state index >= 15 is 0 Å². The van der Waals surface area contributed by atoms with Crippen LogP contribution in [0.2, 0.25) is 0 Å². The van der Waals surface area contributed by atoms with Crippen molar-refractivity contribution >= 4 is 0 Å². The van der Waals surface area contributed by atoms with Crippen molar-refractivity contribution in [1.29, 1.82) is 0 Å². The summed E-state index contributed by atoms with van der Waals surface area (Å²) in [6.45, 7) is 11.2. The topological polar surface area (TPSA) is 47.0 Å². The fourth-order valence-electron chi connectivity index (χ4n) is 1.15. The van der Waals surface area contributed by atoms with E-state index in [0.29, 0.717) is 5.88 Å². The van der Waals surface area contributed by atoms with Gasteiger partial charge in [0.25, 0.3) is 0 Å². The van der Waals surface area contributed by atoms with E-state index in [9.17, 15) is 0 Å². The summed E-state index contributed by atoms with van der Waals surface area (Å²) in [6, 6.07) is 3.82. The van der Waals surface area contributed by atoms with Crippen molar-refractivity contribution in [3.05, 3.63) is 17.8 Å². The van der Waals surface area contributed by atoms with Gasteiger partial charge in [0.2, 0.25) is 5.88 Å². The summed E-state index contributed by atoms with van der Waals surface area (Å²) in [5.74, 6) is 0.596. The second-order valence-electron chi connectivity index (χ2n) is 5.30. The third kappa shape index (κ3) is 5.63. The minimum absolute atomic E-state index is 0.0908. The SMILES string of the molecule is CCC(C)Oc1ccc(CNC(C)(C)C)nn1. The highest BCUT2D eigenvalue weighted by molar-refractivity contribution is 5.11. The van der Waals surface area contributed by atoms with E-state index in [2.05, 4.69) is 43.2 Å². The van der Waals surface area contributed by atoms with Crippen LogP contribution in [0.3, 0.4) is 0 Å². The van der Waals surface area contributed by atoms with Gasteiger partial charge < -0.3 is 10.1 Å². The Balaban J connectivity index is 2.50. The Bertz CT molecular complexity index is 330.